The summed E-state index contributed by atoms with van der Waals surface area (Å²) in [5.74, 6) is 0.477. The number of aromatic nitrogens is 2. The molecule has 0 spiro atoms. The fraction of sp³-hybridized carbons (Fsp3) is 0.714. The van der Waals surface area contributed by atoms with E-state index in [2.05, 4.69) is 24.0 Å². The van der Waals surface area contributed by atoms with Gasteiger partial charge in [0.1, 0.15) is 0 Å². The van der Waals surface area contributed by atoms with E-state index in [4.69, 9.17) is 5.73 Å². The lowest BCUT2D eigenvalue weighted by atomic mass is 9.97. The van der Waals surface area contributed by atoms with Crippen molar-refractivity contribution in [2.24, 2.45) is 0 Å². The quantitative estimate of drug-likeness (QED) is 0.858. The number of nitrogens with zero attached hydrogens (tertiary/aromatic N) is 2. The number of nitrogen functional groups attached to an aromatic ring is 1. The standard InChI is InChI=1S/C14H22N4O/c1-8-4-3-5-9(2)18(8)14(19)13-11(15)12(16-17-13)10-6-7-10/h8-10H,3-7,15H2,1-2H3,(H,16,17). The Morgan fingerprint density at radius 3 is 2.47 bits per heavy atom. The summed E-state index contributed by atoms with van der Waals surface area (Å²) in [6, 6.07) is 0.549. The number of H-pyrrole nitrogens is 1. The zero-order valence-corrected chi connectivity index (χ0v) is 11.6. The van der Waals surface area contributed by atoms with Crippen molar-refractivity contribution < 1.29 is 4.79 Å². The molecule has 1 aromatic heterocycles. The molecule has 1 aliphatic heterocycles. The van der Waals surface area contributed by atoms with Crippen LogP contribution in [-0.4, -0.2) is 33.1 Å². The van der Waals surface area contributed by atoms with Crippen LogP contribution in [0, 0.1) is 0 Å². The first-order valence-corrected chi connectivity index (χ1v) is 7.26. The van der Waals surface area contributed by atoms with Gasteiger partial charge in [0, 0.05) is 18.0 Å². The maximum atomic E-state index is 12.7. The summed E-state index contributed by atoms with van der Waals surface area (Å²) < 4.78 is 0. The van der Waals surface area contributed by atoms with Gasteiger partial charge in [0.05, 0.1) is 11.4 Å². The fourth-order valence-electron chi connectivity index (χ4n) is 3.15. The number of amides is 1. The van der Waals surface area contributed by atoms with Gasteiger partial charge in [-0.05, 0) is 46.0 Å². The largest absolute Gasteiger partial charge is 0.395 e. The van der Waals surface area contributed by atoms with E-state index in [0.29, 0.717) is 17.3 Å². The number of nitrogens with one attached hydrogen (secondary N) is 1. The van der Waals surface area contributed by atoms with Gasteiger partial charge < -0.3 is 10.6 Å². The highest BCUT2D eigenvalue weighted by Crippen LogP contribution is 2.42. The van der Waals surface area contributed by atoms with Crippen LogP contribution in [0.3, 0.4) is 0 Å². The molecule has 0 aromatic carbocycles. The second kappa shape index (κ2) is 4.54. The Morgan fingerprint density at radius 1 is 1.26 bits per heavy atom. The van der Waals surface area contributed by atoms with Crippen molar-refractivity contribution in [1.29, 1.82) is 0 Å². The Morgan fingerprint density at radius 2 is 1.89 bits per heavy atom. The lowest BCUT2D eigenvalue weighted by Crippen LogP contribution is -2.47. The number of carbonyl (C=O) groups is 1. The molecule has 104 valence electrons. The molecule has 2 aliphatic rings. The highest BCUT2D eigenvalue weighted by molar-refractivity contribution is 5.98. The van der Waals surface area contributed by atoms with Crippen molar-refractivity contribution in [2.45, 2.75) is 64.0 Å². The maximum Gasteiger partial charge on any atom is 0.276 e. The number of nitrogens with two attached hydrogens (primary N) is 1. The van der Waals surface area contributed by atoms with Gasteiger partial charge in [0.15, 0.2) is 5.69 Å². The van der Waals surface area contributed by atoms with E-state index in [1.165, 1.54) is 6.42 Å². The fourth-order valence-corrected chi connectivity index (χ4v) is 3.15. The van der Waals surface area contributed by atoms with Crippen LogP contribution in [0.25, 0.3) is 0 Å². The van der Waals surface area contributed by atoms with E-state index in [1.54, 1.807) is 0 Å². The lowest BCUT2D eigenvalue weighted by molar-refractivity contribution is 0.0505. The van der Waals surface area contributed by atoms with Crippen molar-refractivity contribution in [3.63, 3.8) is 0 Å². The van der Waals surface area contributed by atoms with Crippen LogP contribution in [-0.2, 0) is 0 Å². The molecule has 1 aliphatic carbocycles. The van der Waals surface area contributed by atoms with E-state index < -0.39 is 0 Å². The normalized spacial score (nSPS) is 27.6. The average molecular weight is 262 g/mol. The average Bonchev–Trinajstić information content (AvgIpc) is 3.12. The van der Waals surface area contributed by atoms with E-state index in [0.717, 1.165) is 31.4 Å². The summed E-state index contributed by atoms with van der Waals surface area (Å²) in [5.41, 5.74) is 8.05. The number of carbonyl (C=O) groups excluding carboxylic acids is 1. The smallest absolute Gasteiger partial charge is 0.276 e. The molecule has 1 saturated carbocycles. The first-order chi connectivity index (χ1) is 9.09. The van der Waals surface area contributed by atoms with Crippen molar-refractivity contribution in [3.05, 3.63) is 11.4 Å². The molecule has 0 radical (unpaired) electrons. The summed E-state index contributed by atoms with van der Waals surface area (Å²) in [7, 11) is 0. The minimum Gasteiger partial charge on any atom is -0.395 e. The lowest BCUT2D eigenvalue weighted by Gasteiger charge is -2.38. The topological polar surface area (TPSA) is 75.0 Å². The molecule has 2 unspecified atom stereocenters. The maximum absolute atomic E-state index is 12.7. The molecule has 3 N–H and O–H groups in total. The second-order valence-corrected chi connectivity index (χ2v) is 6.02. The number of hydrogen-bond donors (Lipinski definition) is 2. The van der Waals surface area contributed by atoms with E-state index in [-0.39, 0.29) is 18.0 Å². The second-order valence-electron chi connectivity index (χ2n) is 6.02. The highest BCUT2D eigenvalue weighted by atomic mass is 16.2. The van der Waals surface area contributed by atoms with Gasteiger partial charge in [0.2, 0.25) is 0 Å². The molecular weight excluding hydrogens is 240 g/mol. The molecule has 3 rings (SSSR count). The van der Waals surface area contributed by atoms with E-state index in [1.807, 2.05) is 4.90 Å². The number of piperidine rings is 1. The third-order valence-electron chi connectivity index (χ3n) is 4.45. The Kier molecular flexibility index (Phi) is 2.99. The van der Waals surface area contributed by atoms with E-state index in [9.17, 15) is 4.79 Å². The van der Waals surface area contributed by atoms with Gasteiger partial charge in [-0.3, -0.25) is 9.89 Å². The molecule has 1 saturated heterocycles. The van der Waals surface area contributed by atoms with Gasteiger partial charge in [-0.1, -0.05) is 0 Å². The van der Waals surface area contributed by atoms with Crippen LogP contribution in [0.1, 0.15) is 68.1 Å². The van der Waals surface area contributed by atoms with Crippen molar-refractivity contribution >= 4 is 11.6 Å². The molecule has 2 heterocycles. The van der Waals surface area contributed by atoms with Crippen LogP contribution >= 0.6 is 0 Å². The number of anilines is 1. The van der Waals surface area contributed by atoms with Crippen LogP contribution in [0.15, 0.2) is 0 Å². The predicted molar refractivity (Wildman–Crippen MR) is 73.9 cm³/mol. The summed E-state index contributed by atoms with van der Waals surface area (Å²) >= 11 is 0. The summed E-state index contributed by atoms with van der Waals surface area (Å²) in [6.07, 6.45) is 5.62. The van der Waals surface area contributed by atoms with Crippen LogP contribution in [0.5, 0.6) is 0 Å². The number of rotatable bonds is 2. The zero-order chi connectivity index (χ0) is 13.6. The highest BCUT2D eigenvalue weighted by Gasteiger charge is 2.35. The molecule has 1 amide bonds. The van der Waals surface area contributed by atoms with Crippen molar-refractivity contribution in [3.8, 4) is 0 Å². The minimum atomic E-state index is -0.0136. The Hall–Kier alpha value is -1.52. The van der Waals surface area contributed by atoms with Crippen LogP contribution in [0.2, 0.25) is 0 Å². The van der Waals surface area contributed by atoms with Crippen molar-refractivity contribution in [2.75, 3.05) is 5.73 Å². The summed E-state index contributed by atoms with van der Waals surface area (Å²) in [5, 5.41) is 7.14. The van der Waals surface area contributed by atoms with Gasteiger partial charge in [0.25, 0.3) is 5.91 Å². The molecule has 0 bridgehead atoms. The Balaban J connectivity index is 1.86. The third kappa shape index (κ3) is 2.11. The SMILES string of the molecule is CC1CCCC(C)N1C(=O)c1n[nH]c(C2CC2)c1N. The summed E-state index contributed by atoms with van der Waals surface area (Å²) in [6.45, 7) is 4.22. The zero-order valence-electron chi connectivity index (χ0n) is 11.6. The monoisotopic (exact) mass is 262 g/mol. The Bertz CT molecular complexity index is 482. The van der Waals surface area contributed by atoms with Gasteiger partial charge in [-0.15, -0.1) is 0 Å². The molecule has 2 atom stereocenters. The predicted octanol–water partition coefficient (Wildman–Crippen LogP) is 2.27. The molecule has 5 heteroatoms. The Labute approximate surface area is 113 Å². The number of hydrogen-bond acceptors (Lipinski definition) is 3. The molecule has 2 fully saturated rings. The molecule has 19 heavy (non-hydrogen) atoms. The summed E-state index contributed by atoms with van der Waals surface area (Å²) in [4.78, 5) is 14.6. The number of aromatic amines is 1. The third-order valence-corrected chi connectivity index (χ3v) is 4.45. The van der Waals surface area contributed by atoms with Gasteiger partial charge >= 0.3 is 0 Å². The first kappa shape index (κ1) is 12.5. The van der Waals surface area contributed by atoms with Crippen LogP contribution < -0.4 is 5.73 Å². The molecule has 1 aromatic rings. The van der Waals surface area contributed by atoms with Crippen LogP contribution in [0.4, 0.5) is 5.69 Å². The van der Waals surface area contributed by atoms with Crippen molar-refractivity contribution in [1.82, 2.24) is 15.1 Å². The van der Waals surface area contributed by atoms with Gasteiger partial charge in [-0.2, -0.15) is 5.10 Å². The molecule has 5 nitrogen and oxygen atoms in total. The minimum absolute atomic E-state index is 0.0136. The molecular formula is C14H22N4O. The first-order valence-electron chi connectivity index (χ1n) is 7.26. The van der Waals surface area contributed by atoms with Gasteiger partial charge in [-0.25, -0.2) is 0 Å². The van der Waals surface area contributed by atoms with E-state index >= 15 is 0 Å². The number of likely N-dealkylation sites (tertiary alicyclic amines) is 1.